The van der Waals surface area contributed by atoms with Gasteiger partial charge in [-0.3, -0.25) is 0 Å². The zero-order valence-corrected chi connectivity index (χ0v) is 8.77. The maximum Gasteiger partial charge on any atom is 0.135 e. The molecule has 68 valence electrons. The topological polar surface area (TPSA) is 9.23 Å². The third-order valence-corrected chi connectivity index (χ3v) is 2.08. The largest absolute Gasteiger partial charge is 0.483 e. The standard InChI is InChI=1S/C10H15ClO/c1-7(2)8-5-10(3,4)12-9(8)6-11/h5-7H,1-4H3/b9-6+. The minimum Gasteiger partial charge on any atom is -0.483 e. The number of allylic oxidation sites excluding steroid dienone is 1. The highest BCUT2D eigenvalue weighted by Crippen LogP contribution is 2.35. The lowest BCUT2D eigenvalue weighted by molar-refractivity contribution is 0.102. The third kappa shape index (κ3) is 1.84. The van der Waals surface area contributed by atoms with Crippen LogP contribution in [-0.4, -0.2) is 5.60 Å². The average molecular weight is 187 g/mol. The lowest BCUT2D eigenvalue weighted by Crippen LogP contribution is -2.14. The summed E-state index contributed by atoms with van der Waals surface area (Å²) < 4.78 is 5.61. The van der Waals surface area contributed by atoms with Gasteiger partial charge >= 0.3 is 0 Å². The van der Waals surface area contributed by atoms with E-state index in [4.69, 9.17) is 16.3 Å². The number of ether oxygens (including phenoxy) is 1. The molecule has 12 heavy (non-hydrogen) atoms. The van der Waals surface area contributed by atoms with Gasteiger partial charge in [0.2, 0.25) is 0 Å². The van der Waals surface area contributed by atoms with Crippen molar-refractivity contribution in [2.45, 2.75) is 33.3 Å². The molecule has 0 unspecified atom stereocenters. The van der Waals surface area contributed by atoms with Crippen molar-refractivity contribution in [2.75, 3.05) is 0 Å². The van der Waals surface area contributed by atoms with Gasteiger partial charge in [-0.05, 0) is 31.4 Å². The second-order valence-electron chi connectivity index (χ2n) is 3.93. The van der Waals surface area contributed by atoms with E-state index in [0.29, 0.717) is 5.92 Å². The lowest BCUT2D eigenvalue weighted by Gasteiger charge is -2.16. The summed E-state index contributed by atoms with van der Waals surface area (Å²) in [4.78, 5) is 0. The zero-order chi connectivity index (χ0) is 9.35. The SMILES string of the molecule is CC(C)C1=CC(C)(C)O/C1=C/Cl. The molecule has 2 heteroatoms. The summed E-state index contributed by atoms with van der Waals surface area (Å²) in [5.41, 5.74) is 2.52. The Labute approximate surface area is 79.1 Å². The number of hydrogen-bond acceptors (Lipinski definition) is 1. The summed E-state index contributed by atoms with van der Waals surface area (Å²) in [7, 11) is 0. The fourth-order valence-corrected chi connectivity index (χ4v) is 1.52. The first-order chi connectivity index (χ1) is 5.46. The van der Waals surface area contributed by atoms with Crippen molar-refractivity contribution in [3.63, 3.8) is 0 Å². The lowest BCUT2D eigenvalue weighted by atomic mass is 9.99. The van der Waals surface area contributed by atoms with Gasteiger partial charge in [0.15, 0.2) is 0 Å². The highest BCUT2D eigenvalue weighted by molar-refractivity contribution is 6.25. The van der Waals surface area contributed by atoms with Crippen LogP contribution in [0.1, 0.15) is 27.7 Å². The van der Waals surface area contributed by atoms with Crippen molar-refractivity contribution in [1.29, 1.82) is 0 Å². The van der Waals surface area contributed by atoms with Crippen LogP contribution in [-0.2, 0) is 4.74 Å². The molecule has 0 aromatic heterocycles. The summed E-state index contributed by atoms with van der Waals surface area (Å²) in [6.45, 7) is 8.33. The molecule has 0 aromatic rings. The van der Waals surface area contributed by atoms with Crippen molar-refractivity contribution >= 4 is 11.6 Å². The van der Waals surface area contributed by atoms with Crippen molar-refractivity contribution in [3.8, 4) is 0 Å². The van der Waals surface area contributed by atoms with E-state index in [1.54, 1.807) is 0 Å². The molecule has 0 aromatic carbocycles. The second kappa shape index (κ2) is 3.14. The molecular formula is C10H15ClO. The monoisotopic (exact) mass is 186 g/mol. The molecule has 0 bridgehead atoms. The Hall–Kier alpha value is -0.430. The third-order valence-electron chi connectivity index (χ3n) is 1.88. The van der Waals surface area contributed by atoms with Crippen LogP contribution in [0.3, 0.4) is 0 Å². The van der Waals surface area contributed by atoms with Crippen LogP contribution in [0.25, 0.3) is 0 Å². The van der Waals surface area contributed by atoms with Crippen molar-refractivity contribution in [3.05, 3.63) is 22.9 Å². The van der Waals surface area contributed by atoms with Gasteiger partial charge in [0.25, 0.3) is 0 Å². The summed E-state index contributed by atoms with van der Waals surface area (Å²) in [5.74, 6) is 1.29. The Morgan fingerprint density at radius 2 is 2.08 bits per heavy atom. The van der Waals surface area contributed by atoms with E-state index in [-0.39, 0.29) is 5.60 Å². The molecular weight excluding hydrogens is 172 g/mol. The minimum absolute atomic E-state index is 0.194. The van der Waals surface area contributed by atoms with Crippen LogP contribution >= 0.6 is 11.6 Å². The molecule has 0 amide bonds. The van der Waals surface area contributed by atoms with Crippen molar-refractivity contribution in [2.24, 2.45) is 5.92 Å². The molecule has 0 fully saturated rings. The Bertz CT molecular complexity index is 236. The second-order valence-corrected chi connectivity index (χ2v) is 4.15. The highest BCUT2D eigenvalue weighted by Gasteiger charge is 2.29. The molecule has 0 radical (unpaired) electrons. The summed E-state index contributed by atoms with van der Waals surface area (Å²) in [6, 6.07) is 0. The van der Waals surface area contributed by atoms with Crippen LogP contribution in [0, 0.1) is 5.92 Å². The fraction of sp³-hybridized carbons (Fsp3) is 0.600. The summed E-state index contributed by atoms with van der Waals surface area (Å²) >= 11 is 5.65. The van der Waals surface area contributed by atoms with Gasteiger partial charge in [0.1, 0.15) is 11.4 Å². The maximum absolute atomic E-state index is 5.65. The molecule has 1 aliphatic rings. The van der Waals surface area contributed by atoms with Gasteiger partial charge in [0.05, 0.1) is 0 Å². The van der Waals surface area contributed by atoms with Crippen LogP contribution in [0.2, 0.25) is 0 Å². The van der Waals surface area contributed by atoms with Gasteiger partial charge in [0, 0.05) is 5.54 Å². The van der Waals surface area contributed by atoms with Crippen molar-refractivity contribution < 1.29 is 4.74 Å². The van der Waals surface area contributed by atoms with Gasteiger partial charge in [-0.25, -0.2) is 0 Å². The molecule has 0 N–H and O–H groups in total. The normalized spacial score (nSPS) is 24.5. The Morgan fingerprint density at radius 3 is 2.42 bits per heavy atom. The van der Waals surface area contributed by atoms with Crippen LogP contribution < -0.4 is 0 Å². The fourth-order valence-electron chi connectivity index (χ4n) is 1.35. The first kappa shape index (κ1) is 9.66. The van der Waals surface area contributed by atoms with Crippen LogP contribution in [0.4, 0.5) is 0 Å². The molecule has 1 rings (SSSR count). The molecule has 0 spiro atoms. The smallest absolute Gasteiger partial charge is 0.135 e. The molecule has 0 aliphatic carbocycles. The predicted molar refractivity (Wildman–Crippen MR) is 52.0 cm³/mol. The summed E-state index contributed by atoms with van der Waals surface area (Å²) in [6.07, 6.45) is 2.13. The van der Waals surface area contributed by atoms with Crippen molar-refractivity contribution in [1.82, 2.24) is 0 Å². The molecule has 0 saturated heterocycles. The highest BCUT2D eigenvalue weighted by atomic mass is 35.5. The maximum atomic E-state index is 5.65. The minimum atomic E-state index is -0.194. The zero-order valence-electron chi connectivity index (χ0n) is 8.02. The molecule has 0 atom stereocenters. The average Bonchev–Trinajstić information content (AvgIpc) is 2.25. The molecule has 1 nitrogen and oxygen atoms in total. The van der Waals surface area contributed by atoms with E-state index < -0.39 is 0 Å². The van der Waals surface area contributed by atoms with Crippen LogP contribution in [0.15, 0.2) is 22.9 Å². The first-order valence-electron chi connectivity index (χ1n) is 4.19. The van der Waals surface area contributed by atoms with E-state index in [1.165, 1.54) is 11.1 Å². The first-order valence-corrected chi connectivity index (χ1v) is 4.62. The number of halogens is 1. The Kier molecular flexibility index (Phi) is 2.52. The van der Waals surface area contributed by atoms with Gasteiger partial charge in [-0.15, -0.1) is 0 Å². The van der Waals surface area contributed by atoms with E-state index >= 15 is 0 Å². The number of rotatable bonds is 1. The number of hydrogen-bond donors (Lipinski definition) is 0. The van der Waals surface area contributed by atoms with Gasteiger partial charge in [-0.2, -0.15) is 0 Å². The van der Waals surface area contributed by atoms with Crippen LogP contribution in [0.5, 0.6) is 0 Å². The van der Waals surface area contributed by atoms with Gasteiger partial charge < -0.3 is 4.74 Å². The Morgan fingerprint density at radius 1 is 1.50 bits per heavy atom. The molecule has 1 heterocycles. The quantitative estimate of drug-likeness (QED) is 0.610. The molecule has 1 aliphatic heterocycles. The van der Waals surface area contributed by atoms with E-state index in [0.717, 1.165) is 5.76 Å². The molecule has 0 saturated carbocycles. The van der Waals surface area contributed by atoms with Gasteiger partial charge in [-0.1, -0.05) is 25.4 Å². The van der Waals surface area contributed by atoms with E-state index in [1.807, 2.05) is 13.8 Å². The summed E-state index contributed by atoms with van der Waals surface area (Å²) in [5, 5.41) is 0. The Balaban J connectivity index is 2.96. The van der Waals surface area contributed by atoms with E-state index in [9.17, 15) is 0 Å². The predicted octanol–water partition coefficient (Wildman–Crippen LogP) is 3.46. The van der Waals surface area contributed by atoms with E-state index in [2.05, 4.69) is 19.9 Å².